The number of carbonyl (C=O) groups is 2. The molecule has 0 aromatic carbocycles. The molecule has 1 unspecified atom stereocenters. The first kappa shape index (κ1) is 24.9. The van der Waals surface area contributed by atoms with Crippen LogP contribution in [0.15, 0.2) is 0 Å². The van der Waals surface area contributed by atoms with Crippen molar-refractivity contribution in [3.63, 3.8) is 0 Å². The Bertz CT molecular complexity index is 341. The van der Waals surface area contributed by atoms with E-state index in [0.29, 0.717) is 19.3 Å². The minimum atomic E-state index is -0.309. The van der Waals surface area contributed by atoms with Crippen molar-refractivity contribution in [1.29, 1.82) is 0 Å². The summed E-state index contributed by atoms with van der Waals surface area (Å²) in [6.45, 7) is 6.53. The van der Waals surface area contributed by atoms with Crippen molar-refractivity contribution in [1.82, 2.24) is 0 Å². The van der Waals surface area contributed by atoms with E-state index in [0.717, 1.165) is 25.7 Å². The third-order valence-electron chi connectivity index (χ3n) is 4.65. The van der Waals surface area contributed by atoms with Crippen molar-refractivity contribution in [2.24, 2.45) is 0 Å². The van der Waals surface area contributed by atoms with Gasteiger partial charge in [-0.15, -0.1) is 0 Å². The first-order chi connectivity index (χ1) is 12.6. The second-order valence-electron chi connectivity index (χ2n) is 7.24. The van der Waals surface area contributed by atoms with E-state index < -0.39 is 0 Å². The molecule has 0 spiro atoms. The Balaban J connectivity index is 3.70. The molecule has 0 saturated carbocycles. The van der Waals surface area contributed by atoms with Crippen molar-refractivity contribution in [3.05, 3.63) is 0 Å². The highest BCUT2D eigenvalue weighted by atomic mass is 16.6. The third-order valence-corrected chi connectivity index (χ3v) is 4.65. The molecule has 0 aromatic heterocycles. The van der Waals surface area contributed by atoms with Crippen molar-refractivity contribution < 1.29 is 19.1 Å². The van der Waals surface area contributed by atoms with Gasteiger partial charge in [-0.1, -0.05) is 85.0 Å². The van der Waals surface area contributed by atoms with Crippen LogP contribution in [0, 0.1) is 0 Å². The number of hydrogen-bond donors (Lipinski definition) is 0. The quantitative estimate of drug-likeness (QED) is 0.208. The Morgan fingerprint density at radius 3 is 1.62 bits per heavy atom. The average Bonchev–Trinajstić information content (AvgIpc) is 2.64. The van der Waals surface area contributed by atoms with Crippen LogP contribution >= 0.6 is 0 Å². The van der Waals surface area contributed by atoms with Gasteiger partial charge >= 0.3 is 11.9 Å². The predicted octanol–water partition coefficient (Wildman–Crippen LogP) is 6.35. The first-order valence-corrected chi connectivity index (χ1v) is 11.0. The Hall–Kier alpha value is -1.06. The van der Waals surface area contributed by atoms with Gasteiger partial charge in [0.15, 0.2) is 0 Å². The number of carbonyl (C=O) groups excluding carboxylic acids is 2. The second-order valence-corrected chi connectivity index (χ2v) is 7.24. The summed E-state index contributed by atoms with van der Waals surface area (Å²) in [6, 6.07) is 0. The number of esters is 2. The molecule has 0 aliphatic rings. The maximum atomic E-state index is 11.9. The summed E-state index contributed by atoms with van der Waals surface area (Å²) in [7, 11) is 0. The number of ether oxygens (including phenoxy) is 2. The fourth-order valence-corrected chi connectivity index (χ4v) is 2.84. The highest BCUT2D eigenvalue weighted by Gasteiger charge is 2.15. The topological polar surface area (TPSA) is 52.6 Å². The molecule has 0 aliphatic carbocycles. The van der Waals surface area contributed by atoms with Gasteiger partial charge in [0.25, 0.3) is 0 Å². The molecule has 0 rings (SSSR count). The third kappa shape index (κ3) is 16.4. The zero-order valence-corrected chi connectivity index (χ0v) is 17.5. The molecule has 0 fully saturated rings. The highest BCUT2D eigenvalue weighted by molar-refractivity contribution is 5.70. The van der Waals surface area contributed by atoms with Crippen LogP contribution in [0.1, 0.15) is 117 Å². The summed E-state index contributed by atoms with van der Waals surface area (Å²) in [5, 5.41) is 0. The maximum Gasteiger partial charge on any atom is 0.306 e. The van der Waals surface area contributed by atoms with Gasteiger partial charge in [-0.2, -0.15) is 0 Å². The number of hydrogen-bond acceptors (Lipinski definition) is 4. The predicted molar refractivity (Wildman–Crippen MR) is 107 cm³/mol. The molecule has 0 heterocycles. The fraction of sp³-hybridized carbons (Fsp3) is 0.909. The number of unbranched alkanes of at least 4 members (excludes halogenated alkanes) is 10. The lowest BCUT2D eigenvalue weighted by atomic mass is 10.1. The van der Waals surface area contributed by atoms with Crippen molar-refractivity contribution in [3.8, 4) is 0 Å². The minimum absolute atomic E-state index is 0.167. The summed E-state index contributed by atoms with van der Waals surface area (Å²) in [5.41, 5.74) is 0. The monoisotopic (exact) mass is 370 g/mol. The molecule has 0 amide bonds. The fourth-order valence-electron chi connectivity index (χ4n) is 2.84. The van der Waals surface area contributed by atoms with Crippen LogP contribution in [0.5, 0.6) is 0 Å². The van der Waals surface area contributed by atoms with Crippen LogP contribution in [0.4, 0.5) is 0 Å². The lowest BCUT2D eigenvalue weighted by molar-refractivity contribution is -0.159. The summed E-state index contributed by atoms with van der Waals surface area (Å²) >= 11 is 0. The van der Waals surface area contributed by atoms with Crippen LogP contribution in [0.25, 0.3) is 0 Å². The largest absolute Gasteiger partial charge is 0.462 e. The molecule has 0 bridgehead atoms. The number of rotatable bonds is 18. The van der Waals surface area contributed by atoms with Gasteiger partial charge < -0.3 is 9.47 Å². The normalized spacial score (nSPS) is 12.0. The van der Waals surface area contributed by atoms with E-state index in [2.05, 4.69) is 13.8 Å². The SMILES string of the molecule is CCCCCCCCC(=O)OCC(CC)OC(=O)CCCCCCCC. The van der Waals surface area contributed by atoms with Gasteiger partial charge in [-0.05, 0) is 19.3 Å². The Morgan fingerprint density at radius 1 is 0.654 bits per heavy atom. The molecule has 0 N–H and O–H groups in total. The van der Waals surface area contributed by atoms with E-state index in [9.17, 15) is 9.59 Å². The molecule has 0 aliphatic heterocycles. The summed E-state index contributed by atoms with van der Waals surface area (Å²) in [6.07, 6.45) is 15.1. The molecule has 1 atom stereocenters. The van der Waals surface area contributed by atoms with E-state index in [4.69, 9.17) is 9.47 Å². The Morgan fingerprint density at radius 2 is 1.12 bits per heavy atom. The zero-order valence-electron chi connectivity index (χ0n) is 17.5. The van der Waals surface area contributed by atoms with Crippen molar-refractivity contribution >= 4 is 11.9 Å². The summed E-state index contributed by atoms with van der Waals surface area (Å²) in [4.78, 5) is 23.7. The molecular formula is C22H42O4. The van der Waals surface area contributed by atoms with E-state index in [1.165, 1.54) is 51.4 Å². The van der Waals surface area contributed by atoms with Crippen LogP contribution in [0.3, 0.4) is 0 Å². The molecule has 0 radical (unpaired) electrons. The van der Waals surface area contributed by atoms with Crippen LogP contribution in [0.2, 0.25) is 0 Å². The van der Waals surface area contributed by atoms with Crippen molar-refractivity contribution in [2.75, 3.05) is 6.61 Å². The molecule has 26 heavy (non-hydrogen) atoms. The Labute approximate surface area is 161 Å². The van der Waals surface area contributed by atoms with Gasteiger partial charge in [-0.25, -0.2) is 0 Å². The minimum Gasteiger partial charge on any atom is -0.462 e. The summed E-state index contributed by atoms with van der Waals surface area (Å²) in [5.74, 6) is -0.342. The van der Waals surface area contributed by atoms with Gasteiger partial charge in [0, 0.05) is 12.8 Å². The van der Waals surface area contributed by atoms with E-state index in [1.807, 2.05) is 6.92 Å². The second kappa shape index (κ2) is 18.7. The lowest BCUT2D eigenvalue weighted by Gasteiger charge is -2.16. The average molecular weight is 371 g/mol. The first-order valence-electron chi connectivity index (χ1n) is 11.0. The van der Waals surface area contributed by atoms with Crippen LogP contribution in [-0.4, -0.2) is 24.6 Å². The summed E-state index contributed by atoms with van der Waals surface area (Å²) < 4.78 is 10.7. The van der Waals surface area contributed by atoms with Gasteiger partial charge in [0.05, 0.1) is 0 Å². The van der Waals surface area contributed by atoms with Crippen LogP contribution in [-0.2, 0) is 19.1 Å². The molecule has 4 heteroatoms. The highest BCUT2D eigenvalue weighted by Crippen LogP contribution is 2.10. The Kier molecular flexibility index (Phi) is 18.0. The maximum absolute atomic E-state index is 11.9. The van der Waals surface area contributed by atoms with Crippen LogP contribution < -0.4 is 0 Å². The lowest BCUT2D eigenvalue weighted by Crippen LogP contribution is -2.24. The van der Waals surface area contributed by atoms with Gasteiger partial charge in [-0.3, -0.25) is 9.59 Å². The molecule has 4 nitrogen and oxygen atoms in total. The standard InChI is InChI=1S/C22H42O4/c1-4-7-9-11-13-15-17-21(23)25-19-20(6-3)26-22(24)18-16-14-12-10-8-5-2/h20H,4-19H2,1-3H3. The molecule has 0 saturated heterocycles. The van der Waals surface area contributed by atoms with E-state index in [-0.39, 0.29) is 24.6 Å². The van der Waals surface area contributed by atoms with E-state index >= 15 is 0 Å². The van der Waals surface area contributed by atoms with Crippen molar-refractivity contribution in [2.45, 2.75) is 123 Å². The van der Waals surface area contributed by atoms with E-state index in [1.54, 1.807) is 0 Å². The van der Waals surface area contributed by atoms with Gasteiger partial charge in [0.1, 0.15) is 12.7 Å². The van der Waals surface area contributed by atoms with Gasteiger partial charge in [0.2, 0.25) is 0 Å². The molecule has 154 valence electrons. The molecule has 0 aromatic rings. The zero-order chi connectivity index (χ0) is 19.5. The molecular weight excluding hydrogens is 328 g/mol. The smallest absolute Gasteiger partial charge is 0.306 e.